The van der Waals surface area contributed by atoms with Crippen LogP contribution in [0.1, 0.15) is 69.2 Å². The van der Waals surface area contributed by atoms with Crippen molar-refractivity contribution in [2.24, 2.45) is 0 Å². The summed E-state index contributed by atoms with van der Waals surface area (Å²) in [6, 6.07) is 10.8. The number of nitrogens with one attached hydrogen (secondary N) is 1. The monoisotopic (exact) mass is 459 g/mol. The van der Waals surface area contributed by atoms with Crippen LogP contribution in [-0.2, 0) is 16.0 Å². The minimum Gasteiger partial charge on any atom is -0.366 e. The van der Waals surface area contributed by atoms with E-state index in [4.69, 9.17) is 0 Å². The highest BCUT2D eigenvalue weighted by Gasteiger charge is 2.39. The van der Waals surface area contributed by atoms with Crippen LogP contribution in [0, 0.1) is 6.92 Å². The molecule has 0 radical (unpaired) electrons. The van der Waals surface area contributed by atoms with Gasteiger partial charge in [0.05, 0.1) is 5.69 Å². The third-order valence-corrected chi connectivity index (χ3v) is 7.10. The van der Waals surface area contributed by atoms with Crippen molar-refractivity contribution < 1.29 is 14.4 Å². The van der Waals surface area contributed by atoms with Crippen molar-refractivity contribution in [3.8, 4) is 0 Å². The van der Waals surface area contributed by atoms with E-state index < -0.39 is 17.8 Å². The minimum atomic E-state index is -0.718. The molecule has 2 aliphatic heterocycles. The van der Waals surface area contributed by atoms with Gasteiger partial charge in [-0.05, 0) is 93.0 Å². The lowest BCUT2D eigenvalue weighted by atomic mass is 9.79. The Morgan fingerprint density at radius 2 is 1.79 bits per heavy atom. The lowest BCUT2D eigenvalue weighted by molar-refractivity contribution is -0.122. The molecule has 34 heavy (non-hydrogen) atoms. The standard InChI is InChI=1S/C28H33N3O3/c1-7-19-11-9-10-12-23(19)31-26(33)22(25(32)29-27(31)34)15-20-14-21-18(4)16-28(5,6)30(8-2)24(21)13-17(20)3/h9-15,18H,7-8,16H2,1-6H3,(H,29,32,34)/b22-15+/t18-/m0/s1. The SMILES string of the molecule is CCc1ccccc1N1C(=O)NC(=O)/C(=C\c2cc3c(cc2C)N(CC)C(C)(C)C[C@@H]3C)C1=O. The van der Waals surface area contributed by atoms with Gasteiger partial charge in [0.2, 0.25) is 0 Å². The van der Waals surface area contributed by atoms with E-state index in [1.165, 1.54) is 11.3 Å². The van der Waals surface area contributed by atoms with Crippen molar-refractivity contribution in [2.75, 3.05) is 16.3 Å². The Kier molecular flexibility index (Phi) is 6.11. The van der Waals surface area contributed by atoms with E-state index in [2.05, 4.69) is 50.0 Å². The van der Waals surface area contributed by atoms with Crippen LogP contribution in [0.3, 0.4) is 0 Å². The van der Waals surface area contributed by atoms with Crippen LogP contribution in [0.5, 0.6) is 0 Å². The van der Waals surface area contributed by atoms with Gasteiger partial charge in [-0.25, -0.2) is 9.69 Å². The van der Waals surface area contributed by atoms with Gasteiger partial charge in [0.15, 0.2) is 0 Å². The normalized spacial score (nSPS) is 21.1. The zero-order chi connectivity index (χ0) is 24.8. The third-order valence-electron chi connectivity index (χ3n) is 7.10. The zero-order valence-corrected chi connectivity index (χ0v) is 20.9. The molecule has 1 fully saturated rings. The molecule has 0 saturated carbocycles. The number of carbonyl (C=O) groups is 3. The number of para-hydroxylation sites is 1. The Hall–Kier alpha value is -3.41. The van der Waals surface area contributed by atoms with Crippen molar-refractivity contribution in [3.63, 3.8) is 0 Å². The van der Waals surface area contributed by atoms with Crippen molar-refractivity contribution >= 4 is 35.3 Å². The number of hydrogen-bond acceptors (Lipinski definition) is 4. The first-order valence-electron chi connectivity index (χ1n) is 12.0. The number of benzene rings is 2. The van der Waals surface area contributed by atoms with Crippen LogP contribution in [-0.4, -0.2) is 29.9 Å². The number of nitrogens with zero attached hydrogens (tertiary/aromatic N) is 2. The minimum absolute atomic E-state index is 0.0373. The number of urea groups is 1. The van der Waals surface area contributed by atoms with Crippen LogP contribution in [0.15, 0.2) is 42.0 Å². The second kappa shape index (κ2) is 8.75. The fraction of sp³-hybridized carbons (Fsp3) is 0.393. The van der Waals surface area contributed by atoms with Crippen LogP contribution in [0.2, 0.25) is 0 Å². The summed E-state index contributed by atoms with van der Waals surface area (Å²) in [7, 11) is 0. The second-order valence-corrected chi connectivity index (χ2v) is 9.87. The molecule has 1 atom stereocenters. The summed E-state index contributed by atoms with van der Waals surface area (Å²) < 4.78 is 0. The number of anilines is 2. The van der Waals surface area contributed by atoms with E-state index in [0.717, 1.165) is 34.6 Å². The molecule has 178 valence electrons. The van der Waals surface area contributed by atoms with Crippen molar-refractivity contribution in [1.29, 1.82) is 0 Å². The lowest BCUT2D eigenvalue weighted by Crippen LogP contribution is -2.54. The predicted molar refractivity (Wildman–Crippen MR) is 136 cm³/mol. The Morgan fingerprint density at radius 3 is 2.47 bits per heavy atom. The summed E-state index contributed by atoms with van der Waals surface area (Å²) in [4.78, 5) is 42.3. The van der Waals surface area contributed by atoms with Crippen molar-refractivity contribution in [1.82, 2.24) is 5.32 Å². The van der Waals surface area contributed by atoms with E-state index >= 15 is 0 Å². The summed E-state index contributed by atoms with van der Waals surface area (Å²) in [5.74, 6) is -0.922. The van der Waals surface area contributed by atoms with E-state index in [9.17, 15) is 14.4 Å². The molecule has 2 heterocycles. The fourth-order valence-electron chi connectivity index (χ4n) is 5.46. The molecule has 2 aromatic carbocycles. The summed E-state index contributed by atoms with van der Waals surface area (Å²) in [6.07, 6.45) is 3.30. The van der Waals surface area contributed by atoms with Gasteiger partial charge in [-0.1, -0.05) is 32.0 Å². The number of fused-ring (bicyclic) bond motifs is 1. The number of hydrogen-bond donors (Lipinski definition) is 1. The highest BCUT2D eigenvalue weighted by molar-refractivity contribution is 6.39. The molecule has 6 heteroatoms. The van der Waals surface area contributed by atoms with Crippen LogP contribution in [0.25, 0.3) is 6.08 Å². The Morgan fingerprint density at radius 1 is 1.09 bits per heavy atom. The molecule has 4 rings (SSSR count). The summed E-state index contributed by atoms with van der Waals surface area (Å²) in [6.45, 7) is 13.8. The van der Waals surface area contributed by atoms with Crippen LogP contribution >= 0.6 is 0 Å². The third kappa shape index (κ3) is 3.91. The molecule has 0 bridgehead atoms. The number of carbonyl (C=O) groups excluding carboxylic acids is 3. The van der Waals surface area contributed by atoms with Gasteiger partial charge < -0.3 is 4.90 Å². The largest absolute Gasteiger partial charge is 0.366 e. The molecule has 1 N–H and O–H groups in total. The highest BCUT2D eigenvalue weighted by atomic mass is 16.2. The molecule has 0 aromatic heterocycles. The number of rotatable bonds is 4. The first kappa shape index (κ1) is 23.7. The maximum Gasteiger partial charge on any atom is 0.335 e. The maximum absolute atomic E-state index is 13.4. The lowest BCUT2D eigenvalue weighted by Gasteiger charge is -2.47. The number of aryl methyl sites for hydroxylation is 2. The first-order valence-corrected chi connectivity index (χ1v) is 12.0. The molecule has 2 aromatic rings. The van der Waals surface area contributed by atoms with Gasteiger partial charge in [-0.2, -0.15) is 0 Å². The maximum atomic E-state index is 13.4. The second-order valence-electron chi connectivity index (χ2n) is 9.87. The van der Waals surface area contributed by atoms with Crippen molar-refractivity contribution in [2.45, 2.75) is 65.8 Å². The molecule has 6 nitrogen and oxygen atoms in total. The summed E-state index contributed by atoms with van der Waals surface area (Å²) >= 11 is 0. The van der Waals surface area contributed by atoms with Gasteiger partial charge in [0.25, 0.3) is 11.8 Å². The Balaban J connectivity index is 1.79. The quantitative estimate of drug-likeness (QED) is 0.495. The predicted octanol–water partition coefficient (Wildman–Crippen LogP) is 5.34. The van der Waals surface area contributed by atoms with Crippen molar-refractivity contribution in [3.05, 3.63) is 64.2 Å². The first-order chi connectivity index (χ1) is 16.1. The Bertz CT molecular complexity index is 1210. The molecular weight excluding hydrogens is 426 g/mol. The van der Waals surface area contributed by atoms with Gasteiger partial charge in [-0.3, -0.25) is 14.9 Å². The molecule has 0 spiro atoms. The topological polar surface area (TPSA) is 69.7 Å². The van der Waals surface area contributed by atoms with Gasteiger partial charge in [0, 0.05) is 17.8 Å². The molecule has 4 amide bonds. The van der Waals surface area contributed by atoms with Gasteiger partial charge in [0.1, 0.15) is 5.57 Å². The number of amides is 4. The summed E-state index contributed by atoms with van der Waals surface area (Å²) in [5, 5.41) is 2.35. The fourth-order valence-corrected chi connectivity index (χ4v) is 5.46. The van der Waals surface area contributed by atoms with E-state index in [-0.39, 0.29) is 11.1 Å². The van der Waals surface area contributed by atoms with E-state index in [1.807, 2.05) is 26.0 Å². The molecule has 0 unspecified atom stereocenters. The average molecular weight is 460 g/mol. The molecule has 0 aliphatic carbocycles. The van der Waals surface area contributed by atoms with E-state index in [0.29, 0.717) is 18.0 Å². The van der Waals surface area contributed by atoms with Crippen LogP contribution in [0.4, 0.5) is 16.2 Å². The number of barbiturate groups is 1. The highest BCUT2D eigenvalue weighted by Crippen LogP contribution is 2.44. The summed E-state index contributed by atoms with van der Waals surface area (Å²) in [5.41, 5.74) is 5.60. The number of imide groups is 2. The molecule has 2 aliphatic rings. The van der Waals surface area contributed by atoms with Gasteiger partial charge >= 0.3 is 6.03 Å². The zero-order valence-electron chi connectivity index (χ0n) is 20.9. The van der Waals surface area contributed by atoms with Crippen LogP contribution < -0.4 is 15.1 Å². The van der Waals surface area contributed by atoms with E-state index in [1.54, 1.807) is 18.2 Å². The van der Waals surface area contributed by atoms with Gasteiger partial charge in [-0.15, -0.1) is 0 Å². The average Bonchev–Trinajstić information content (AvgIpc) is 2.77. The molecule has 1 saturated heterocycles. The molecular formula is C28H33N3O3. The smallest absolute Gasteiger partial charge is 0.335 e. The Labute approximate surface area is 201 Å².